The molecular formula is C14H22N2OS. The molecular weight excluding hydrogens is 244 g/mol. The molecule has 3 nitrogen and oxygen atoms in total. The van der Waals surface area contributed by atoms with Crippen molar-refractivity contribution in [3.05, 3.63) is 22.4 Å². The van der Waals surface area contributed by atoms with Crippen molar-refractivity contribution >= 4 is 17.2 Å². The van der Waals surface area contributed by atoms with Gasteiger partial charge in [-0.1, -0.05) is 19.4 Å². The van der Waals surface area contributed by atoms with Gasteiger partial charge in [-0.15, -0.1) is 11.3 Å². The van der Waals surface area contributed by atoms with Gasteiger partial charge in [0.1, 0.15) is 0 Å². The largest absolute Gasteiger partial charge is 0.348 e. The van der Waals surface area contributed by atoms with Crippen LogP contribution in [0.2, 0.25) is 0 Å². The van der Waals surface area contributed by atoms with Crippen molar-refractivity contribution in [1.29, 1.82) is 0 Å². The zero-order valence-corrected chi connectivity index (χ0v) is 11.8. The highest BCUT2D eigenvalue weighted by Crippen LogP contribution is 2.24. The Morgan fingerprint density at radius 1 is 1.67 bits per heavy atom. The Labute approximate surface area is 113 Å². The third kappa shape index (κ3) is 3.56. The normalized spacial score (nSPS) is 21.5. The van der Waals surface area contributed by atoms with Crippen LogP contribution in [0.5, 0.6) is 0 Å². The van der Waals surface area contributed by atoms with Crippen molar-refractivity contribution in [2.45, 2.75) is 38.6 Å². The van der Waals surface area contributed by atoms with Crippen LogP contribution in [-0.2, 0) is 4.79 Å². The molecule has 1 saturated heterocycles. The standard InChI is InChI=1S/C14H22N2OS/c1-2-5-12(13-7-4-9-18-13)16-14(17)11-6-3-8-15-10-11/h4,7,9,11-12,15H,2-3,5-6,8,10H2,1H3,(H,16,17)/t11-,12?/m0/s1. The molecule has 0 radical (unpaired) electrons. The number of nitrogens with one attached hydrogen (secondary N) is 2. The van der Waals surface area contributed by atoms with E-state index in [1.807, 2.05) is 0 Å². The third-order valence-corrected chi connectivity index (χ3v) is 4.43. The molecule has 1 aliphatic rings. The highest BCUT2D eigenvalue weighted by molar-refractivity contribution is 7.10. The molecule has 1 aromatic rings. The molecule has 4 heteroatoms. The third-order valence-electron chi connectivity index (χ3n) is 3.45. The fourth-order valence-electron chi connectivity index (χ4n) is 2.43. The summed E-state index contributed by atoms with van der Waals surface area (Å²) in [5.41, 5.74) is 0. The van der Waals surface area contributed by atoms with Gasteiger partial charge in [-0.25, -0.2) is 0 Å². The molecule has 0 aliphatic carbocycles. The van der Waals surface area contributed by atoms with E-state index < -0.39 is 0 Å². The fourth-order valence-corrected chi connectivity index (χ4v) is 3.24. The van der Waals surface area contributed by atoms with Crippen LogP contribution in [-0.4, -0.2) is 19.0 Å². The number of thiophene rings is 1. The Hall–Kier alpha value is -0.870. The molecule has 0 saturated carbocycles. The van der Waals surface area contributed by atoms with Crippen LogP contribution < -0.4 is 10.6 Å². The molecule has 2 rings (SSSR count). The molecule has 1 aliphatic heterocycles. The summed E-state index contributed by atoms with van der Waals surface area (Å²) in [6.45, 7) is 4.04. The van der Waals surface area contributed by atoms with Crippen LogP contribution in [0, 0.1) is 5.92 Å². The lowest BCUT2D eigenvalue weighted by atomic mass is 9.98. The molecule has 1 fully saturated rings. The Balaban J connectivity index is 1.93. The molecule has 18 heavy (non-hydrogen) atoms. The Morgan fingerprint density at radius 2 is 2.56 bits per heavy atom. The first-order chi connectivity index (χ1) is 8.81. The smallest absolute Gasteiger partial charge is 0.224 e. The monoisotopic (exact) mass is 266 g/mol. The Bertz CT molecular complexity index is 358. The van der Waals surface area contributed by atoms with Crippen molar-refractivity contribution in [3.8, 4) is 0 Å². The van der Waals surface area contributed by atoms with Gasteiger partial charge in [-0.2, -0.15) is 0 Å². The SMILES string of the molecule is CCCC(NC(=O)[C@H]1CCCNC1)c1cccs1. The lowest BCUT2D eigenvalue weighted by molar-refractivity contribution is -0.126. The van der Waals surface area contributed by atoms with Crippen molar-refractivity contribution in [2.75, 3.05) is 13.1 Å². The van der Waals surface area contributed by atoms with Gasteiger partial charge < -0.3 is 10.6 Å². The second kappa shape index (κ2) is 6.90. The van der Waals surface area contributed by atoms with E-state index >= 15 is 0 Å². The highest BCUT2D eigenvalue weighted by atomic mass is 32.1. The molecule has 2 atom stereocenters. The van der Waals surface area contributed by atoms with E-state index in [1.54, 1.807) is 11.3 Å². The Kier molecular flexibility index (Phi) is 5.20. The van der Waals surface area contributed by atoms with Crippen molar-refractivity contribution in [2.24, 2.45) is 5.92 Å². The molecule has 100 valence electrons. The highest BCUT2D eigenvalue weighted by Gasteiger charge is 2.23. The molecule has 0 bridgehead atoms. The summed E-state index contributed by atoms with van der Waals surface area (Å²) in [4.78, 5) is 13.5. The predicted molar refractivity (Wildman–Crippen MR) is 75.7 cm³/mol. The van der Waals surface area contributed by atoms with Crippen LogP contribution in [0.1, 0.15) is 43.5 Å². The first-order valence-corrected chi connectivity index (χ1v) is 7.73. The summed E-state index contributed by atoms with van der Waals surface area (Å²) in [7, 11) is 0. The van der Waals surface area contributed by atoms with Gasteiger partial charge in [-0.3, -0.25) is 4.79 Å². The van der Waals surface area contributed by atoms with Crippen LogP contribution in [0.15, 0.2) is 17.5 Å². The maximum Gasteiger partial charge on any atom is 0.224 e. The lowest BCUT2D eigenvalue weighted by Crippen LogP contribution is -2.41. The van der Waals surface area contributed by atoms with Crippen molar-refractivity contribution < 1.29 is 4.79 Å². The Morgan fingerprint density at radius 3 is 3.17 bits per heavy atom. The summed E-state index contributed by atoms with van der Waals surface area (Å²) in [5.74, 6) is 0.368. The summed E-state index contributed by atoms with van der Waals surface area (Å²) in [5, 5.41) is 8.59. The van der Waals surface area contributed by atoms with E-state index in [0.717, 1.165) is 38.8 Å². The van der Waals surface area contributed by atoms with Crippen LogP contribution in [0.4, 0.5) is 0 Å². The molecule has 1 aromatic heterocycles. The van der Waals surface area contributed by atoms with Gasteiger partial charge in [0.05, 0.1) is 12.0 Å². The van der Waals surface area contributed by atoms with Crippen molar-refractivity contribution in [3.63, 3.8) is 0 Å². The van der Waals surface area contributed by atoms with Gasteiger partial charge in [-0.05, 0) is 37.3 Å². The van der Waals surface area contributed by atoms with E-state index in [1.165, 1.54) is 4.88 Å². The average molecular weight is 266 g/mol. The lowest BCUT2D eigenvalue weighted by Gasteiger charge is -2.25. The average Bonchev–Trinajstić information content (AvgIpc) is 2.93. The quantitative estimate of drug-likeness (QED) is 0.860. The topological polar surface area (TPSA) is 41.1 Å². The maximum atomic E-state index is 12.2. The molecule has 2 N–H and O–H groups in total. The van der Waals surface area contributed by atoms with Gasteiger partial charge in [0.15, 0.2) is 0 Å². The second-order valence-corrected chi connectivity index (χ2v) is 5.89. The number of amides is 1. The van der Waals surface area contributed by atoms with Gasteiger partial charge in [0.25, 0.3) is 0 Å². The minimum Gasteiger partial charge on any atom is -0.348 e. The number of carbonyl (C=O) groups excluding carboxylic acids is 1. The van der Waals surface area contributed by atoms with Gasteiger partial charge >= 0.3 is 0 Å². The number of rotatable bonds is 5. The number of hydrogen-bond acceptors (Lipinski definition) is 3. The minimum atomic E-state index is 0.151. The predicted octanol–water partition coefficient (Wildman–Crippen LogP) is 2.71. The zero-order valence-electron chi connectivity index (χ0n) is 10.9. The molecule has 2 heterocycles. The fraction of sp³-hybridized carbons (Fsp3) is 0.643. The summed E-state index contributed by atoms with van der Waals surface area (Å²) >= 11 is 1.73. The number of carbonyl (C=O) groups is 1. The number of piperidine rings is 1. The number of hydrogen-bond donors (Lipinski definition) is 2. The molecule has 0 aromatic carbocycles. The van der Waals surface area contributed by atoms with E-state index in [0.29, 0.717) is 0 Å². The first-order valence-electron chi connectivity index (χ1n) is 6.85. The summed E-state index contributed by atoms with van der Waals surface area (Å²) in [6.07, 6.45) is 4.23. The molecule has 1 amide bonds. The van der Waals surface area contributed by atoms with E-state index in [-0.39, 0.29) is 17.9 Å². The summed E-state index contributed by atoms with van der Waals surface area (Å²) < 4.78 is 0. The minimum absolute atomic E-state index is 0.151. The second-order valence-electron chi connectivity index (χ2n) is 4.91. The maximum absolute atomic E-state index is 12.2. The van der Waals surface area contributed by atoms with Gasteiger partial charge in [0, 0.05) is 11.4 Å². The first kappa shape index (κ1) is 13.6. The van der Waals surface area contributed by atoms with Crippen LogP contribution >= 0.6 is 11.3 Å². The zero-order chi connectivity index (χ0) is 12.8. The van der Waals surface area contributed by atoms with Crippen LogP contribution in [0.3, 0.4) is 0 Å². The van der Waals surface area contributed by atoms with E-state index in [2.05, 4.69) is 35.1 Å². The van der Waals surface area contributed by atoms with Crippen molar-refractivity contribution in [1.82, 2.24) is 10.6 Å². The molecule has 1 unspecified atom stereocenters. The molecule has 0 spiro atoms. The van der Waals surface area contributed by atoms with Gasteiger partial charge in [0.2, 0.25) is 5.91 Å². The summed E-state index contributed by atoms with van der Waals surface area (Å²) in [6, 6.07) is 4.37. The van der Waals surface area contributed by atoms with E-state index in [9.17, 15) is 4.79 Å². The van der Waals surface area contributed by atoms with Crippen LogP contribution in [0.25, 0.3) is 0 Å². The van der Waals surface area contributed by atoms with E-state index in [4.69, 9.17) is 0 Å².